The van der Waals surface area contributed by atoms with Crippen molar-refractivity contribution in [2.45, 2.75) is 19.8 Å². The lowest BCUT2D eigenvalue weighted by atomic mass is 10.00. The number of hydrogen-bond donors (Lipinski definition) is 0. The van der Waals surface area contributed by atoms with Gasteiger partial charge in [-0.1, -0.05) is 25.1 Å². The second kappa shape index (κ2) is 5.49. The Bertz CT molecular complexity index is 591. The van der Waals surface area contributed by atoms with Crippen molar-refractivity contribution in [2.24, 2.45) is 5.92 Å². The Morgan fingerprint density at radius 1 is 1.30 bits per heavy atom. The molecule has 0 N–H and O–H groups in total. The van der Waals surface area contributed by atoms with E-state index in [2.05, 4.69) is 12.0 Å². The molecule has 1 unspecified atom stereocenters. The minimum atomic E-state index is 0.0960. The lowest BCUT2D eigenvalue weighted by Gasteiger charge is -2.30. The first-order valence-corrected chi connectivity index (χ1v) is 7.13. The van der Waals surface area contributed by atoms with Crippen molar-refractivity contribution < 1.29 is 4.79 Å². The molecule has 3 rings (SSSR count). The zero-order chi connectivity index (χ0) is 13.9. The maximum absolute atomic E-state index is 12.5. The third-order valence-electron chi connectivity index (χ3n) is 3.79. The van der Waals surface area contributed by atoms with E-state index in [1.165, 1.54) is 6.42 Å². The average molecular weight is 269 g/mol. The van der Waals surface area contributed by atoms with Crippen LogP contribution >= 0.6 is 0 Å². The fraction of sp³-hybridized carbons (Fsp3) is 0.375. The topological polar surface area (TPSA) is 38.1 Å². The standard InChI is InChI=1S/C16H19N3O/c1-13-6-5-9-18(11-13)16(20)14-10-17-19(12-14)15-7-3-2-4-8-15/h2-4,7-8,10,12-13H,5-6,9,11H2,1H3. The number of hydrogen-bond acceptors (Lipinski definition) is 2. The van der Waals surface area contributed by atoms with Crippen molar-refractivity contribution in [1.82, 2.24) is 14.7 Å². The number of carbonyl (C=O) groups is 1. The van der Waals surface area contributed by atoms with Crippen LogP contribution < -0.4 is 0 Å². The van der Waals surface area contributed by atoms with Gasteiger partial charge in [0.25, 0.3) is 5.91 Å². The van der Waals surface area contributed by atoms with E-state index >= 15 is 0 Å². The van der Waals surface area contributed by atoms with Gasteiger partial charge in [-0.2, -0.15) is 5.10 Å². The molecule has 1 aliphatic heterocycles. The second-order valence-corrected chi connectivity index (χ2v) is 5.51. The summed E-state index contributed by atoms with van der Waals surface area (Å²) in [6.07, 6.45) is 5.79. The number of nitrogens with zero attached hydrogens (tertiary/aromatic N) is 3. The summed E-state index contributed by atoms with van der Waals surface area (Å²) in [7, 11) is 0. The fourth-order valence-electron chi connectivity index (χ4n) is 2.71. The summed E-state index contributed by atoms with van der Waals surface area (Å²) < 4.78 is 1.75. The van der Waals surface area contributed by atoms with Crippen molar-refractivity contribution in [3.63, 3.8) is 0 Å². The van der Waals surface area contributed by atoms with Crippen LogP contribution in [0, 0.1) is 5.92 Å². The van der Waals surface area contributed by atoms with E-state index in [0.717, 1.165) is 25.2 Å². The molecule has 1 aromatic heterocycles. The molecule has 1 fully saturated rings. The molecule has 4 nitrogen and oxygen atoms in total. The average Bonchev–Trinajstić information content (AvgIpc) is 2.97. The second-order valence-electron chi connectivity index (χ2n) is 5.51. The van der Waals surface area contributed by atoms with Crippen LogP contribution in [0.5, 0.6) is 0 Å². The van der Waals surface area contributed by atoms with E-state index in [9.17, 15) is 4.79 Å². The highest BCUT2D eigenvalue weighted by Crippen LogP contribution is 2.18. The summed E-state index contributed by atoms with van der Waals surface area (Å²) in [5.41, 5.74) is 1.64. The van der Waals surface area contributed by atoms with E-state index in [-0.39, 0.29) is 5.91 Å². The lowest BCUT2D eigenvalue weighted by Crippen LogP contribution is -2.38. The number of piperidine rings is 1. The molecule has 0 radical (unpaired) electrons. The Morgan fingerprint density at radius 2 is 2.10 bits per heavy atom. The number of benzene rings is 1. The van der Waals surface area contributed by atoms with Gasteiger partial charge in [-0.05, 0) is 30.9 Å². The van der Waals surface area contributed by atoms with Crippen LogP contribution in [0.1, 0.15) is 30.1 Å². The summed E-state index contributed by atoms with van der Waals surface area (Å²) >= 11 is 0. The number of para-hydroxylation sites is 1. The molecule has 0 saturated carbocycles. The van der Waals surface area contributed by atoms with E-state index in [0.29, 0.717) is 11.5 Å². The first-order valence-electron chi connectivity index (χ1n) is 7.13. The van der Waals surface area contributed by atoms with Gasteiger partial charge in [0.1, 0.15) is 0 Å². The Kier molecular flexibility index (Phi) is 3.54. The monoisotopic (exact) mass is 269 g/mol. The lowest BCUT2D eigenvalue weighted by molar-refractivity contribution is 0.0683. The van der Waals surface area contributed by atoms with Crippen molar-refractivity contribution in [3.05, 3.63) is 48.3 Å². The van der Waals surface area contributed by atoms with Crippen LogP contribution in [0.4, 0.5) is 0 Å². The van der Waals surface area contributed by atoms with Crippen LogP contribution in [-0.2, 0) is 0 Å². The molecule has 0 spiro atoms. The van der Waals surface area contributed by atoms with Gasteiger partial charge in [0, 0.05) is 19.3 Å². The number of rotatable bonds is 2. The molecule has 0 aliphatic carbocycles. The Labute approximate surface area is 119 Å². The van der Waals surface area contributed by atoms with E-state index < -0.39 is 0 Å². The summed E-state index contributed by atoms with van der Waals surface area (Å²) in [5, 5.41) is 4.29. The van der Waals surface area contributed by atoms with Crippen LogP contribution in [0.15, 0.2) is 42.7 Å². The number of likely N-dealkylation sites (tertiary alicyclic amines) is 1. The van der Waals surface area contributed by atoms with Gasteiger partial charge >= 0.3 is 0 Å². The molecular formula is C16H19N3O. The number of amides is 1. The maximum Gasteiger partial charge on any atom is 0.257 e. The van der Waals surface area contributed by atoms with Crippen molar-refractivity contribution in [2.75, 3.05) is 13.1 Å². The summed E-state index contributed by atoms with van der Waals surface area (Å²) in [5.74, 6) is 0.690. The van der Waals surface area contributed by atoms with Crippen LogP contribution in [0.3, 0.4) is 0 Å². The third kappa shape index (κ3) is 2.59. The predicted octanol–water partition coefficient (Wildman–Crippen LogP) is 2.74. The minimum absolute atomic E-state index is 0.0960. The molecule has 1 amide bonds. The molecule has 104 valence electrons. The van der Waals surface area contributed by atoms with Crippen molar-refractivity contribution in [1.29, 1.82) is 0 Å². The maximum atomic E-state index is 12.5. The zero-order valence-corrected chi connectivity index (χ0v) is 11.7. The Balaban J connectivity index is 1.78. The van der Waals surface area contributed by atoms with Gasteiger partial charge < -0.3 is 4.90 Å². The van der Waals surface area contributed by atoms with Crippen LogP contribution in [0.2, 0.25) is 0 Å². The molecule has 4 heteroatoms. The largest absolute Gasteiger partial charge is 0.338 e. The summed E-state index contributed by atoms with van der Waals surface area (Å²) in [6, 6.07) is 9.85. The van der Waals surface area contributed by atoms with E-state index in [1.807, 2.05) is 41.4 Å². The SMILES string of the molecule is CC1CCCN(C(=O)c2cnn(-c3ccccc3)c2)C1. The van der Waals surface area contributed by atoms with Gasteiger partial charge in [0.15, 0.2) is 0 Å². The highest BCUT2D eigenvalue weighted by atomic mass is 16.2. The van der Waals surface area contributed by atoms with Crippen LogP contribution in [0.25, 0.3) is 5.69 Å². The first-order chi connectivity index (χ1) is 9.74. The summed E-state index contributed by atoms with van der Waals surface area (Å²) in [6.45, 7) is 3.92. The fourth-order valence-corrected chi connectivity index (χ4v) is 2.71. The molecule has 1 atom stereocenters. The first kappa shape index (κ1) is 12.9. The van der Waals surface area contributed by atoms with Crippen LogP contribution in [-0.4, -0.2) is 33.7 Å². The number of aromatic nitrogens is 2. The Hall–Kier alpha value is -2.10. The molecule has 0 bridgehead atoms. The molecule has 1 aliphatic rings. The van der Waals surface area contributed by atoms with E-state index in [4.69, 9.17) is 0 Å². The van der Waals surface area contributed by atoms with Gasteiger partial charge in [-0.25, -0.2) is 4.68 Å². The van der Waals surface area contributed by atoms with Crippen molar-refractivity contribution in [3.8, 4) is 5.69 Å². The highest BCUT2D eigenvalue weighted by molar-refractivity contribution is 5.93. The van der Waals surface area contributed by atoms with Gasteiger partial charge in [-0.15, -0.1) is 0 Å². The molecule has 1 saturated heterocycles. The molecule has 20 heavy (non-hydrogen) atoms. The Morgan fingerprint density at radius 3 is 2.85 bits per heavy atom. The van der Waals surface area contributed by atoms with Gasteiger partial charge in [-0.3, -0.25) is 4.79 Å². The van der Waals surface area contributed by atoms with Gasteiger partial charge in [0.2, 0.25) is 0 Å². The smallest absolute Gasteiger partial charge is 0.257 e. The molecule has 2 heterocycles. The van der Waals surface area contributed by atoms with Gasteiger partial charge in [0.05, 0.1) is 17.4 Å². The normalized spacial score (nSPS) is 19.1. The highest BCUT2D eigenvalue weighted by Gasteiger charge is 2.22. The molecular weight excluding hydrogens is 250 g/mol. The summed E-state index contributed by atoms with van der Waals surface area (Å²) in [4.78, 5) is 14.4. The van der Waals surface area contributed by atoms with Crippen molar-refractivity contribution >= 4 is 5.91 Å². The molecule has 1 aromatic carbocycles. The predicted molar refractivity (Wildman–Crippen MR) is 77.9 cm³/mol. The van der Waals surface area contributed by atoms with E-state index in [1.54, 1.807) is 10.9 Å². The zero-order valence-electron chi connectivity index (χ0n) is 11.7. The molecule has 2 aromatic rings. The quantitative estimate of drug-likeness (QED) is 0.840. The number of carbonyl (C=O) groups excluding carboxylic acids is 1. The minimum Gasteiger partial charge on any atom is -0.338 e. The third-order valence-corrected chi connectivity index (χ3v) is 3.79.